The molecule has 1 aromatic heterocycles. The van der Waals surface area contributed by atoms with Crippen LogP contribution in [0.2, 0.25) is 0 Å². The third-order valence-corrected chi connectivity index (χ3v) is 5.22. The second-order valence-corrected chi connectivity index (χ2v) is 7.01. The van der Waals surface area contributed by atoms with E-state index in [4.69, 9.17) is 0 Å². The minimum absolute atomic E-state index is 0.110. The van der Waals surface area contributed by atoms with E-state index in [1.54, 1.807) is 6.07 Å². The van der Waals surface area contributed by atoms with Crippen LogP contribution in [0.15, 0.2) is 42.6 Å². The van der Waals surface area contributed by atoms with Crippen LogP contribution in [0.3, 0.4) is 0 Å². The van der Waals surface area contributed by atoms with Crippen molar-refractivity contribution in [1.82, 2.24) is 20.1 Å². The van der Waals surface area contributed by atoms with Gasteiger partial charge in [0.15, 0.2) is 0 Å². The molecule has 136 valence electrons. The van der Waals surface area contributed by atoms with Crippen molar-refractivity contribution in [2.75, 3.05) is 19.6 Å². The fourth-order valence-electron chi connectivity index (χ4n) is 3.78. The lowest BCUT2D eigenvalue weighted by Crippen LogP contribution is -2.52. The second-order valence-electron chi connectivity index (χ2n) is 7.01. The number of fused-ring (bicyclic) bond motifs is 2. The first-order valence-electron chi connectivity index (χ1n) is 9.23. The molecule has 2 N–H and O–H groups in total. The molecule has 0 fully saturated rings. The minimum atomic E-state index is -0.496. The van der Waals surface area contributed by atoms with E-state index < -0.39 is 6.04 Å². The molecule has 0 bridgehead atoms. The molecule has 26 heavy (non-hydrogen) atoms. The van der Waals surface area contributed by atoms with Gasteiger partial charge in [0.2, 0.25) is 5.91 Å². The summed E-state index contributed by atoms with van der Waals surface area (Å²) in [7, 11) is 0. The molecule has 2 aliphatic rings. The standard InChI is InChI=1S/C20H24N4O2/c25-19(17-14-24-11-3-7-18(24)20(26)22-17)21-9-4-10-23-12-8-15-5-1-2-6-16(15)13-23/h1-3,5-7,11,17H,4,8-10,12-14H2,(H,21,25)(H,22,26). The first-order valence-corrected chi connectivity index (χ1v) is 9.23. The molecule has 0 saturated heterocycles. The molecule has 2 amide bonds. The van der Waals surface area contributed by atoms with Crippen LogP contribution in [0.25, 0.3) is 0 Å². The highest BCUT2D eigenvalue weighted by molar-refractivity contribution is 5.97. The zero-order chi connectivity index (χ0) is 17.9. The monoisotopic (exact) mass is 352 g/mol. The van der Waals surface area contributed by atoms with Crippen molar-refractivity contribution in [3.8, 4) is 0 Å². The predicted molar refractivity (Wildman–Crippen MR) is 98.7 cm³/mol. The lowest BCUT2D eigenvalue weighted by atomic mass is 10.00. The zero-order valence-corrected chi connectivity index (χ0v) is 14.8. The summed E-state index contributed by atoms with van der Waals surface area (Å²) in [6.45, 7) is 4.14. The SMILES string of the molecule is O=C1NC(C(=O)NCCCN2CCc3ccccc3C2)Cn2cccc21. The topological polar surface area (TPSA) is 66.4 Å². The molecule has 6 nitrogen and oxygen atoms in total. The number of nitrogens with one attached hydrogen (secondary N) is 2. The highest BCUT2D eigenvalue weighted by Gasteiger charge is 2.28. The second kappa shape index (κ2) is 7.33. The highest BCUT2D eigenvalue weighted by atomic mass is 16.2. The summed E-state index contributed by atoms with van der Waals surface area (Å²) < 4.78 is 1.83. The van der Waals surface area contributed by atoms with E-state index in [-0.39, 0.29) is 11.8 Å². The Balaban J connectivity index is 1.21. The molecule has 4 rings (SSSR count). The van der Waals surface area contributed by atoms with Gasteiger partial charge >= 0.3 is 0 Å². The lowest BCUT2D eigenvalue weighted by molar-refractivity contribution is -0.123. The van der Waals surface area contributed by atoms with Crippen LogP contribution in [-0.4, -0.2) is 47.0 Å². The van der Waals surface area contributed by atoms with E-state index >= 15 is 0 Å². The van der Waals surface area contributed by atoms with Crippen LogP contribution in [0, 0.1) is 0 Å². The number of rotatable bonds is 5. The van der Waals surface area contributed by atoms with E-state index in [2.05, 4.69) is 39.8 Å². The molecule has 6 heteroatoms. The molecule has 0 radical (unpaired) electrons. The summed E-state index contributed by atoms with van der Waals surface area (Å²) in [5, 5.41) is 5.74. The molecule has 0 saturated carbocycles. The Morgan fingerprint density at radius 3 is 2.92 bits per heavy atom. The summed E-state index contributed by atoms with van der Waals surface area (Å²) >= 11 is 0. The van der Waals surface area contributed by atoms with E-state index in [1.807, 2.05) is 16.8 Å². The molecular formula is C20H24N4O2. The van der Waals surface area contributed by atoms with Gasteiger partial charge < -0.3 is 15.2 Å². The average Bonchev–Trinajstić information content (AvgIpc) is 3.14. The van der Waals surface area contributed by atoms with Gasteiger partial charge in [-0.15, -0.1) is 0 Å². The van der Waals surface area contributed by atoms with Crippen molar-refractivity contribution >= 4 is 11.8 Å². The summed E-state index contributed by atoms with van der Waals surface area (Å²) in [5.74, 6) is -0.296. The Kier molecular flexibility index (Phi) is 4.75. The van der Waals surface area contributed by atoms with Crippen molar-refractivity contribution in [1.29, 1.82) is 0 Å². The Morgan fingerprint density at radius 1 is 1.19 bits per heavy atom. The fourth-order valence-corrected chi connectivity index (χ4v) is 3.78. The maximum atomic E-state index is 12.3. The van der Waals surface area contributed by atoms with Gasteiger partial charge in [0.05, 0.1) is 6.54 Å². The largest absolute Gasteiger partial charge is 0.354 e. The Hall–Kier alpha value is -2.60. The van der Waals surface area contributed by atoms with Gasteiger partial charge in [0, 0.05) is 32.4 Å². The normalized spacial score (nSPS) is 19.4. The van der Waals surface area contributed by atoms with Crippen molar-refractivity contribution < 1.29 is 9.59 Å². The number of carbonyl (C=O) groups is 2. The summed E-state index contributed by atoms with van der Waals surface area (Å²) in [5.41, 5.74) is 3.48. The smallest absolute Gasteiger partial charge is 0.268 e. The average molecular weight is 352 g/mol. The van der Waals surface area contributed by atoms with E-state index in [1.165, 1.54) is 11.1 Å². The van der Waals surface area contributed by atoms with Gasteiger partial charge in [-0.25, -0.2) is 0 Å². The number of benzene rings is 1. The number of hydrogen-bond donors (Lipinski definition) is 2. The van der Waals surface area contributed by atoms with Crippen LogP contribution in [0.4, 0.5) is 0 Å². The molecule has 1 unspecified atom stereocenters. The fraction of sp³-hybridized carbons (Fsp3) is 0.400. The Labute approximate surface area is 153 Å². The first kappa shape index (κ1) is 16.8. The van der Waals surface area contributed by atoms with Gasteiger partial charge in [0.1, 0.15) is 11.7 Å². The van der Waals surface area contributed by atoms with Crippen LogP contribution >= 0.6 is 0 Å². The maximum Gasteiger partial charge on any atom is 0.268 e. The summed E-state index contributed by atoms with van der Waals surface area (Å²) in [6.07, 6.45) is 3.84. The van der Waals surface area contributed by atoms with E-state index in [0.29, 0.717) is 18.8 Å². The van der Waals surface area contributed by atoms with Crippen molar-refractivity contribution in [3.63, 3.8) is 0 Å². The number of amides is 2. The third kappa shape index (κ3) is 3.51. The third-order valence-electron chi connectivity index (χ3n) is 5.22. The van der Waals surface area contributed by atoms with Gasteiger partial charge in [-0.05, 0) is 36.1 Å². The molecule has 1 aromatic carbocycles. The Bertz CT molecular complexity index is 814. The van der Waals surface area contributed by atoms with Gasteiger partial charge in [0.25, 0.3) is 5.91 Å². The van der Waals surface area contributed by atoms with Crippen LogP contribution in [-0.2, 0) is 24.3 Å². The highest BCUT2D eigenvalue weighted by Crippen LogP contribution is 2.18. The van der Waals surface area contributed by atoms with Crippen LogP contribution < -0.4 is 10.6 Å². The molecule has 1 atom stereocenters. The zero-order valence-electron chi connectivity index (χ0n) is 14.8. The van der Waals surface area contributed by atoms with E-state index in [0.717, 1.165) is 32.5 Å². The molecule has 0 aliphatic carbocycles. The van der Waals surface area contributed by atoms with Crippen molar-refractivity contribution in [2.24, 2.45) is 0 Å². The van der Waals surface area contributed by atoms with Gasteiger partial charge in [-0.3, -0.25) is 14.5 Å². The maximum absolute atomic E-state index is 12.3. The number of carbonyl (C=O) groups excluding carboxylic acids is 2. The molecule has 3 heterocycles. The minimum Gasteiger partial charge on any atom is -0.354 e. The molecule has 2 aliphatic heterocycles. The summed E-state index contributed by atoms with van der Waals surface area (Å²) in [6, 6.07) is 11.7. The number of hydrogen-bond acceptors (Lipinski definition) is 3. The number of aromatic nitrogens is 1. The van der Waals surface area contributed by atoms with Gasteiger partial charge in [-0.2, -0.15) is 0 Å². The van der Waals surface area contributed by atoms with E-state index in [9.17, 15) is 9.59 Å². The first-order chi connectivity index (χ1) is 12.7. The van der Waals surface area contributed by atoms with Crippen molar-refractivity contribution in [3.05, 3.63) is 59.4 Å². The van der Waals surface area contributed by atoms with Crippen LogP contribution in [0.5, 0.6) is 0 Å². The molecule has 2 aromatic rings. The van der Waals surface area contributed by atoms with Gasteiger partial charge in [-0.1, -0.05) is 24.3 Å². The predicted octanol–water partition coefficient (Wildman–Crippen LogP) is 1.16. The quantitative estimate of drug-likeness (QED) is 0.794. The molecule has 0 spiro atoms. The summed E-state index contributed by atoms with van der Waals surface area (Å²) in [4.78, 5) is 26.8. The van der Waals surface area contributed by atoms with Crippen LogP contribution in [0.1, 0.15) is 28.0 Å². The van der Waals surface area contributed by atoms with Crippen molar-refractivity contribution in [2.45, 2.75) is 32.0 Å². The molecular weight excluding hydrogens is 328 g/mol. The number of nitrogens with zero attached hydrogens (tertiary/aromatic N) is 2. The Morgan fingerprint density at radius 2 is 2.04 bits per heavy atom. The lowest BCUT2D eigenvalue weighted by Gasteiger charge is -2.29.